The van der Waals surface area contributed by atoms with Gasteiger partial charge in [0, 0.05) is 12.3 Å². The van der Waals surface area contributed by atoms with Gasteiger partial charge in [-0.05, 0) is 47.5 Å². The Bertz CT molecular complexity index is 872. The van der Waals surface area contributed by atoms with Gasteiger partial charge in [0.1, 0.15) is 18.1 Å². The Labute approximate surface area is 170 Å². The maximum absolute atomic E-state index is 5.77. The number of aryl methyl sites for hydroxylation is 2. The highest BCUT2D eigenvalue weighted by Crippen LogP contribution is 2.26. The molecule has 0 saturated heterocycles. The molecule has 0 N–H and O–H groups in total. The first-order valence-electron chi connectivity index (χ1n) is 8.49. The van der Waals surface area contributed by atoms with Gasteiger partial charge in [0.25, 0.3) is 0 Å². The Kier molecular flexibility index (Phi) is 7.05. The van der Waals surface area contributed by atoms with E-state index in [0.29, 0.717) is 24.1 Å². The van der Waals surface area contributed by atoms with Crippen LogP contribution in [0, 0.1) is 6.92 Å². The molecule has 1 aromatic carbocycles. The number of halogens is 1. The fraction of sp³-hybridized carbons (Fsp3) is 0.333. The fourth-order valence-corrected chi connectivity index (χ4v) is 3.39. The molecular formula is C18H20BrN5O2S. The molecule has 7 nitrogen and oxygen atoms in total. The van der Waals surface area contributed by atoms with Crippen LogP contribution in [0.3, 0.4) is 0 Å². The maximum atomic E-state index is 5.77. The number of nitrogens with zero attached hydrogens (tertiary/aromatic N) is 5. The lowest BCUT2D eigenvalue weighted by atomic mass is 10.2. The van der Waals surface area contributed by atoms with Gasteiger partial charge >= 0.3 is 0 Å². The molecule has 0 aliphatic carbocycles. The minimum atomic E-state index is 0.342. The number of thioether (sulfide) groups is 1. The Morgan fingerprint density at radius 1 is 1.19 bits per heavy atom. The van der Waals surface area contributed by atoms with Crippen LogP contribution >= 0.6 is 27.7 Å². The first-order valence-corrected chi connectivity index (χ1v) is 10.3. The van der Waals surface area contributed by atoms with Crippen LogP contribution in [-0.4, -0.2) is 37.3 Å². The van der Waals surface area contributed by atoms with Crippen LogP contribution in [0.5, 0.6) is 11.5 Å². The standard InChI is InChI=1S/C18H20BrN5O2S/c1-3-24-11-14(22-23-24)12-26-15-9-20-18(21-10-15)27-7-6-25-17-5-4-13(2)8-16(17)19/h4-5,8-11H,3,6-7,12H2,1-2H3. The highest BCUT2D eigenvalue weighted by molar-refractivity contribution is 9.10. The Balaban J connectivity index is 1.41. The monoisotopic (exact) mass is 449 g/mol. The molecule has 3 rings (SSSR count). The summed E-state index contributed by atoms with van der Waals surface area (Å²) < 4.78 is 14.1. The zero-order chi connectivity index (χ0) is 19.1. The topological polar surface area (TPSA) is 75.0 Å². The molecule has 0 amide bonds. The third kappa shape index (κ3) is 5.93. The van der Waals surface area contributed by atoms with Gasteiger partial charge in [-0.1, -0.05) is 23.0 Å². The van der Waals surface area contributed by atoms with Crippen LogP contribution in [0.4, 0.5) is 0 Å². The number of ether oxygens (including phenoxy) is 2. The third-order valence-electron chi connectivity index (χ3n) is 3.56. The molecule has 0 radical (unpaired) electrons. The summed E-state index contributed by atoms with van der Waals surface area (Å²) in [5, 5.41) is 8.69. The number of aromatic nitrogens is 5. The van der Waals surface area contributed by atoms with Crippen molar-refractivity contribution in [1.29, 1.82) is 0 Å². The van der Waals surface area contributed by atoms with Crippen LogP contribution < -0.4 is 9.47 Å². The molecule has 9 heteroatoms. The van der Waals surface area contributed by atoms with Gasteiger partial charge in [0.2, 0.25) is 0 Å². The average Bonchev–Trinajstić information content (AvgIpc) is 3.14. The highest BCUT2D eigenvalue weighted by atomic mass is 79.9. The molecule has 3 aromatic rings. The van der Waals surface area contributed by atoms with E-state index in [0.717, 1.165) is 28.2 Å². The second-order valence-corrected chi connectivity index (χ2v) is 7.60. The molecule has 0 fully saturated rings. The zero-order valence-electron chi connectivity index (χ0n) is 15.1. The molecule has 27 heavy (non-hydrogen) atoms. The van der Waals surface area contributed by atoms with Crippen molar-refractivity contribution < 1.29 is 9.47 Å². The molecule has 2 aromatic heterocycles. The first-order chi connectivity index (χ1) is 13.1. The summed E-state index contributed by atoms with van der Waals surface area (Å²) in [6, 6.07) is 6.02. The van der Waals surface area contributed by atoms with E-state index in [1.54, 1.807) is 17.1 Å². The van der Waals surface area contributed by atoms with Gasteiger partial charge in [-0.3, -0.25) is 4.68 Å². The van der Waals surface area contributed by atoms with Crippen molar-refractivity contribution in [3.63, 3.8) is 0 Å². The quantitative estimate of drug-likeness (QED) is 0.278. The Hall–Kier alpha value is -2.13. The molecule has 0 unspecified atom stereocenters. The summed E-state index contributed by atoms with van der Waals surface area (Å²) in [5.74, 6) is 2.19. The summed E-state index contributed by atoms with van der Waals surface area (Å²) in [6.45, 7) is 5.75. The summed E-state index contributed by atoms with van der Waals surface area (Å²) in [6.07, 6.45) is 5.19. The lowest BCUT2D eigenvalue weighted by molar-refractivity contribution is 0.297. The van der Waals surface area contributed by atoms with Crippen molar-refractivity contribution in [3.8, 4) is 11.5 Å². The highest BCUT2D eigenvalue weighted by Gasteiger charge is 2.05. The molecule has 0 bridgehead atoms. The van der Waals surface area contributed by atoms with Crippen molar-refractivity contribution in [2.45, 2.75) is 32.2 Å². The second kappa shape index (κ2) is 9.70. The zero-order valence-corrected chi connectivity index (χ0v) is 17.5. The predicted molar refractivity (Wildman–Crippen MR) is 107 cm³/mol. The van der Waals surface area contributed by atoms with Gasteiger partial charge in [-0.15, -0.1) is 5.10 Å². The van der Waals surface area contributed by atoms with E-state index >= 15 is 0 Å². The second-order valence-electron chi connectivity index (χ2n) is 5.69. The molecule has 142 valence electrons. The summed E-state index contributed by atoms with van der Waals surface area (Å²) in [5.41, 5.74) is 1.96. The average molecular weight is 450 g/mol. The predicted octanol–water partition coefficient (Wildman–Crippen LogP) is 3.91. The summed E-state index contributed by atoms with van der Waals surface area (Å²) in [4.78, 5) is 8.61. The molecule has 0 aliphatic heterocycles. The summed E-state index contributed by atoms with van der Waals surface area (Å²) in [7, 11) is 0. The normalized spacial score (nSPS) is 10.8. The molecule has 0 aliphatic rings. The lowest BCUT2D eigenvalue weighted by Gasteiger charge is -2.08. The van der Waals surface area contributed by atoms with Crippen molar-refractivity contribution in [3.05, 3.63) is 52.5 Å². The molecule has 0 atom stereocenters. The summed E-state index contributed by atoms with van der Waals surface area (Å²) >= 11 is 5.04. The van der Waals surface area contributed by atoms with Gasteiger partial charge in [0.05, 0.1) is 29.7 Å². The number of rotatable bonds is 9. The van der Waals surface area contributed by atoms with Crippen LogP contribution in [0.1, 0.15) is 18.2 Å². The maximum Gasteiger partial charge on any atom is 0.187 e. The van der Waals surface area contributed by atoms with Crippen molar-refractivity contribution in [1.82, 2.24) is 25.0 Å². The smallest absolute Gasteiger partial charge is 0.187 e. The molecule has 0 spiro atoms. The van der Waals surface area contributed by atoms with Crippen LogP contribution in [0.25, 0.3) is 0 Å². The van der Waals surface area contributed by atoms with E-state index in [2.05, 4.69) is 36.2 Å². The Morgan fingerprint density at radius 2 is 2.00 bits per heavy atom. The lowest BCUT2D eigenvalue weighted by Crippen LogP contribution is -2.02. The minimum absolute atomic E-state index is 0.342. The van der Waals surface area contributed by atoms with Gasteiger partial charge in [0.15, 0.2) is 10.9 Å². The fourth-order valence-electron chi connectivity index (χ4n) is 2.18. The molecular weight excluding hydrogens is 430 g/mol. The first kappa shape index (κ1) is 19.6. The van der Waals surface area contributed by atoms with E-state index < -0.39 is 0 Å². The largest absolute Gasteiger partial charge is 0.492 e. The Morgan fingerprint density at radius 3 is 2.70 bits per heavy atom. The van der Waals surface area contributed by atoms with Crippen LogP contribution in [0.15, 0.2) is 46.4 Å². The SMILES string of the molecule is CCn1cc(COc2cnc(SCCOc3ccc(C)cc3Br)nc2)nn1. The van der Waals surface area contributed by atoms with Crippen LogP contribution in [0.2, 0.25) is 0 Å². The van der Waals surface area contributed by atoms with Gasteiger partial charge in [-0.2, -0.15) is 0 Å². The number of hydrogen-bond donors (Lipinski definition) is 0. The number of hydrogen-bond acceptors (Lipinski definition) is 7. The van der Waals surface area contributed by atoms with E-state index in [1.165, 1.54) is 17.3 Å². The van der Waals surface area contributed by atoms with E-state index in [4.69, 9.17) is 9.47 Å². The number of benzene rings is 1. The van der Waals surface area contributed by atoms with E-state index in [-0.39, 0.29) is 0 Å². The molecule has 2 heterocycles. The van der Waals surface area contributed by atoms with Crippen LogP contribution in [-0.2, 0) is 13.2 Å². The van der Waals surface area contributed by atoms with Crippen molar-refractivity contribution in [2.75, 3.05) is 12.4 Å². The van der Waals surface area contributed by atoms with Crippen molar-refractivity contribution >= 4 is 27.7 Å². The van der Waals surface area contributed by atoms with Crippen molar-refractivity contribution in [2.24, 2.45) is 0 Å². The van der Waals surface area contributed by atoms with Gasteiger partial charge in [-0.25, -0.2) is 9.97 Å². The minimum Gasteiger partial charge on any atom is -0.492 e. The van der Waals surface area contributed by atoms with E-state index in [9.17, 15) is 0 Å². The third-order valence-corrected chi connectivity index (χ3v) is 5.02. The van der Waals surface area contributed by atoms with E-state index in [1.807, 2.05) is 38.2 Å². The molecule has 0 saturated carbocycles. The van der Waals surface area contributed by atoms with Gasteiger partial charge < -0.3 is 9.47 Å².